The van der Waals surface area contributed by atoms with E-state index in [0.29, 0.717) is 22.3 Å². The minimum Gasteiger partial charge on any atom is -0.310 e. The predicted molar refractivity (Wildman–Crippen MR) is 85.5 cm³/mol. The molecular formula is C17H21F3N2O. The van der Waals surface area contributed by atoms with E-state index >= 15 is 0 Å². The Morgan fingerprint density at radius 1 is 1.13 bits per heavy atom. The lowest BCUT2D eigenvalue weighted by molar-refractivity contribution is -0.141. The molecule has 1 aromatic carbocycles. The van der Waals surface area contributed by atoms with Crippen LogP contribution in [0.3, 0.4) is 0 Å². The monoisotopic (exact) mass is 326 g/mol. The van der Waals surface area contributed by atoms with Gasteiger partial charge in [0.1, 0.15) is 6.54 Å². The molecule has 0 saturated heterocycles. The quantitative estimate of drug-likeness (QED) is 0.905. The van der Waals surface area contributed by atoms with Crippen LogP contribution in [-0.4, -0.2) is 17.3 Å². The molecule has 0 bridgehead atoms. The first-order valence-corrected chi connectivity index (χ1v) is 7.61. The van der Waals surface area contributed by atoms with E-state index in [1.54, 1.807) is 24.3 Å². The van der Waals surface area contributed by atoms with Crippen molar-refractivity contribution in [3.8, 4) is 0 Å². The third kappa shape index (κ3) is 4.34. The van der Waals surface area contributed by atoms with Crippen LogP contribution in [0.25, 0.3) is 10.8 Å². The topological polar surface area (TPSA) is 34.0 Å². The normalized spacial score (nSPS) is 13.7. The molecule has 1 aromatic heterocycles. The Kier molecular flexibility index (Phi) is 5.14. The van der Waals surface area contributed by atoms with E-state index in [4.69, 9.17) is 0 Å². The van der Waals surface area contributed by atoms with Crippen molar-refractivity contribution < 1.29 is 13.2 Å². The van der Waals surface area contributed by atoms with E-state index < -0.39 is 18.3 Å². The van der Waals surface area contributed by atoms with Gasteiger partial charge in [0.15, 0.2) is 0 Å². The number of alkyl halides is 3. The maximum absolute atomic E-state index is 12.7. The average molecular weight is 326 g/mol. The second kappa shape index (κ2) is 6.74. The molecular weight excluding hydrogens is 305 g/mol. The standard InChI is InChI=1S/C17H21F3N2O/c1-11(2)8-21-12(3)15-9-22(10-17(18,19)20)16(23)14-7-5-4-6-13(14)15/h4-7,9,11-12,21H,8,10H2,1-3H3. The first-order valence-electron chi connectivity index (χ1n) is 7.61. The van der Waals surface area contributed by atoms with Crippen LogP contribution in [0.2, 0.25) is 0 Å². The average Bonchev–Trinajstić information content (AvgIpc) is 2.46. The zero-order valence-corrected chi connectivity index (χ0v) is 13.4. The van der Waals surface area contributed by atoms with E-state index in [-0.39, 0.29) is 6.04 Å². The molecule has 2 aromatic rings. The van der Waals surface area contributed by atoms with Crippen molar-refractivity contribution in [2.75, 3.05) is 6.54 Å². The van der Waals surface area contributed by atoms with Gasteiger partial charge in [-0.1, -0.05) is 32.0 Å². The number of halogens is 3. The number of hydrogen-bond donors (Lipinski definition) is 1. The molecule has 0 amide bonds. The van der Waals surface area contributed by atoms with Gasteiger partial charge >= 0.3 is 6.18 Å². The van der Waals surface area contributed by atoms with Crippen molar-refractivity contribution >= 4 is 10.8 Å². The molecule has 2 rings (SSSR count). The molecule has 126 valence electrons. The molecule has 23 heavy (non-hydrogen) atoms. The van der Waals surface area contributed by atoms with Gasteiger partial charge in [0, 0.05) is 17.6 Å². The van der Waals surface area contributed by atoms with E-state index in [1.807, 2.05) is 6.92 Å². The summed E-state index contributed by atoms with van der Waals surface area (Å²) >= 11 is 0. The number of aromatic nitrogens is 1. The fourth-order valence-corrected chi connectivity index (χ4v) is 2.55. The van der Waals surface area contributed by atoms with Gasteiger partial charge in [-0.05, 0) is 36.4 Å². The summed E-state index contributed by atoms with van der Waals surface area (Å²) in [7, 11) is 0. The number of hydrogen-bond acceptors (Lipinski definition) is 2. The maximum atomic E-state index is 12.7. The Balaban J connectivity index is 2.54. The highest BCUT2D eigenvalue weighted by molar-refractivity contribution is 5.85. The van der Waals surface area contributed by atoms with E-state index in [1.165, 1.54) is 6.20 Å². The van der Waals surface area contributed by atoms with Crippen LogP contribution in [0.5, 0.6) is 0 Å². The highest BCUT2D eigenvalue weighted by Crippen LogP contribution is 2.24. The van der Waals surface area contributed by atoms with E-state index in [0.717, 1.165) is 11.1 Å². The van der Waals surface area contributed by atoms with Gasteiger partial charge in [-0.25, -0.2) is 0 Å². The summed E-state index contributed by atoms with van der Waals surface area (Å²) in [6.07, 6.45) is -3.10. The maximum Gasteiger partial charge on any atom is 0.406 e. The van der Waals surface area contributed by atoms with Gasteiger partial charge in [-0.3, -0.25) is 4.79 Å². The lowest BCUT2D eigenvalue weighted by Crippen LogP contribution is -2.30. The molecule has 1 heterocycles. The fraction of sp³-hybridized carbons (Fsp3) is 0.471. The second-order valence-corrected chi connectivity index (χ2v) is 6.20. The van der Waals surface area contributed by atoms with Crippen LogP contribution in [-0.2, 0) is 6.54 Å². The molecule has 0 radical (unpaired) electrons. The van der Waals surface area contributed by atoms with Crippen LogP contribution >= 0.6 is 0 Å². The van der Waals surface area contributed by atoms with Gasteiger partial charge in [0.05, 0.1) is 0 Å². The van der Waals surface area contributed by atoms with Crippen LogP contribution in [0.15, 0.2) is 35.3 Å². The van der Waals surface area contributed by atoms with Crippen LogP contribution in [0.1, 0.15) is 32.4 Å². The van der Waals surface area contributed by atoms with Gasteiger partial charge in [0.25, 0.3) is 5.56 Å². The molecule has 0 fully saturated rings. The zero-order valence-electron chi connectivity index (χ0n) is 13.4. The van der Waals surface area contributed by atoms with Gasteiger partial charge in [-0.15, -0.1) is 0 Å². The van der Waals surface area contributed by atoms with Crippen molar-refractivity contribution in [3.05, 3.63) is 46.4 Å². The Labute approximate surface area is 133 Å². The Morgan fingerprint density at radius 3 is 2.30 bits per heavy atom. The highest BCUT2D eigenvalue weighted by Gasteiger charge is 2.29. The second-order valence-electron chi connectivity index (χ2n) is 6.20. The number of rotatable bonds is 5. The number of nitrogens with zero attached hydrogens (tertiary/aromatic N) is 1. The fourth-order valence-electron chi connectivity index (χ4n) is 2.55. The van der Waals surface area contributed by atoms with Crippen molar-refractivity contribution in [3.63, 3.8) is 0 Å². The largest absolute Gasteiger partial charge is 0.406 e. The molecule has 0 spiro atoms. The van der Waals surface area contributed by atoms with E-state index in [2.05, 4.69) is 19.2 Å². The third-order valence-electron chi connectivity index (χ3n) is 3.67. The Morgan fingerprint density at radius 2 is 1.74 bits per heavy atom. The molecule has 0 aliphatic rings. The van der Waals surface area contributed by atoms with Crippen molar-refractivity contribution in [1.29, 1.82) is 0 Å². The summed E-state index contributed by atoms with van der Waals surface area (Å²) in [6, 6.07) is 6.65. The van der Waals surface area contributed by atoms with Crippen molar-refractivity contribution in [1.82, 2.24) is 9.88 Å². The summed E-state index contributed by atoms with van der Waals surface area (Å²) in [5.74, 6) is 0.421. The summed E-state index contributed by atoms with van der Waals surface area (Å²) in [6.45, 7) is 5.48. The predicted octanol–water partition coefficient (Wildman–Crippen LogP) is 3.87. The lowest BCUT2D eigenvalue weighted by Gasteiger charge is -2.20. The minimum absolute atomic E-state index is 0.151. The molecule has 1 N–H and O–H groups in total. The van der Waals surface area contributed by atoms with Crippen molar-refractivity contribution in [2.45, 2.75) is 39.5 Å². The van der Waals surface area contributed by atoms with Crippen LogP contribution < -0.4 is 10.9 Å². The SMILES string of the molecule is CC(C)CNC(C)c1cn(CC(F)(F)F)c(=O)c2ccccc12. The molecule has 3 nitrogen and oxygen atoms in total. The summed E-state index contributed by atoms with van der Waals surface area (Å²) in [4.78, 5) is 12.3. The van der Waals surface area contributed by atoms with E-state index in [9.17, 15) is 18.0 Å². The molecule has 0 saturated carbocycles. The third-order valence-corrected chi connectivity index (χ3v) is 3.67. The first-order chi connectivity index (χ1) is 10.7. The van der Waals surface area contributed by atoms with Gasteiger partial charge in [-0.2, -0.15) is 13.2 Å². The molecule has 1 atom stereocenters. The number of benzene rings is 1. The zero-order chi connectivity index (χ0) is 17.2. The Hall–Kier alpha value is -1.82. The smallest absolute Gasteiger partial charge is 0.310 e. The highest BCUT2D eigenvalue weighted by atomic mass is 19.4. The first kappa shape index (κ1) is 17.5. The molecule has 1 unspecified atom stereocenters. The van der Waals surface area contributed by atoms with Crippen LogP contribution in [0, 0.1) is 5.92 Å². The van der Waals surface area contributed by atoms with Gasteiger partial charge in [0.2, 0.25) is 0 Å². The molecule has 6 heteroatoms. The summed E-state index contributed by atoms with van der Waals surface area (Å²) in [5.41, 5.74) is 0.0860. The van der Waals surface area contributed by atoms with Crippen molar-refractivity contribution in [2.24, 2.45) is 5.92 Å². The summed E-state index contributed by atoms with van der Waals surface area (Å²) in [5, 5.41) is 4.31. The van der Waals surface area contributed by atoms with Crippen LogP contribution in [0.4, 0.5) is 13.2 Å². The minimum atomic E-state index is -4.43. The Bertz CT molecular complexity index is 735. The molecule has 0 aliphatic carbocycles. The number of pyridine rings is 1. The number of fused-ring (bicyclic) bond motifs is 1. The lowest BCUT2D eigenvalue weighted by atomic mass is 10.0. The molecule has 0 aliphatic heterocycles. The summed E-state index contributed by atoms with van der Waals surface area (Å²) < 4.78 is 39.0. The number of nitrogens with one attached hydrogen (secondary N) is 1. The van der Waals surface area contributed by atoms with Gasteiger partial charge < -0.3 is 9.88 Å².